The fourth-order valence-electron chi connectivity index (χ4n) is 9.55. The number of hydrogen-bond donors (Lipinski definition) is 0. The number of nitriles is 2. The molecule has 306 valence electrons. The van der Waals surface area contributed by atoms with Gasteiger partial charge in [0, 0.05) is 60.7 Å². The van der Waals surface area contributed by atoms with E-state index in [1.807, 2.05) is 78.9 Å². The van der Waals surface area contributed by atoms with E-state index in [1.54, 1.807) is 0 Å². The molecular weight excluding hydrogens is 807 g/mol. The van der Waals surface area contributed by atoms with Crippen molar-refractivity contribution >= 4 is 43.6 Å². The molecule has 7 nitrogen and oxygen atoms in total. The van der Waals surface area contributed by atoms with Crippen molar-refractivity contribution in [2.75, 3.05) is 0 Å². The van der Waals surface area contributed by atoms with Gasteiger partial charge in [0.15, 0.2) is 17.5 Å². The quantitative estimate of drug-likeness (QED) is 0.159. The van der Waals surface area contributed by atoms with Crippen LogP contribution in [0, 0.1) is 22.7 Å². The molecule has 12 aromatic rings. The molecule has 0 saturated heterocycles. The topological polar surface area (TPSA) is 96.1 Å². The smallest absolute Gasteiger partial charge is 0.164 e. The molecule has 7 heteroatoms. The molecule has 3 heterocycles. The predicted octanol–water partition coefficient (Wildman–Crippen LogP) is 14.1. The first kappa shape index (κ1) is 38.3. The molecular formula is C59H35N7. The normalized spacial score (nSPS) is 11.3. The zero-order valence-electron chi connectivity index (χ0n) is 35.3. The fraction of sp³-hybridized carbons (Fsp3) is 0. The molecule has 0 aliphatic heterocycles. The third-order valence-corrected chi connectivity index (χ3v) is 12.5. The summed E-state index contributed by atoms with van der Waals surface area (Å²) in [6.07, 6.45) is 0. The van der Waals surface area contributed by atoms with Crippen LogP contribution in [-0.2, 0) is 0 Å². The average molecular weight is 842 g/mol. The Morgan fingerprint density at radius 1 is 0.303 bits per heavy atom. The van der Waals surface area contributed by atoms with Crippen molar-refractivity contribution in [2.24, 2.45) is 0 Å². The summed E-state index contributed by atoms with van der Waals surface area (Å²) in [5, 5.41) is 25.5. The van der Waals surface area contributed by atoms with Gasteiger partial charge in [0.2, 0.25) is 0 Å². The highest BCUT2D eigenvalue weighted by molar-refractivity contribution is 6.10. The maximum absolute atomic E-state index is 10.5. The van der Waals surface area contributed by atoms with Gasteiger partial charge in [-0.1, -0.05) is 152 Å². The lowest BCUT2D eigenvalue weighted by molar-refractivity contribution is 1.07. The van der Waals surface area contributed by atoms with Crippen molar-refractivity contribution in [1.29, 1.82) is 10.5 Å². The molecule has 9 aromatic carbocycles. The molecule has 0 radical (unpaired) electrons. The summed E-state index contributed by atoms with van der Waals surface area (Å²) in [4.78, 5) is 16.1. The zero-order valence-corrected chi connectivity index (χ0v) is 35.3. The van der Waals surface area contributed by atoms with Crippen molar-refractivity contribution in [1.82, 2.24) is 24.1 Å². The fourth-order valence-corrected chi connectivity index (χ4v) is 9.55. The van der Waals surface area contributed by atoms with E-state index in [1.165, 1.54) is 0 Å². The summed E-state index contributed by atoms with van der Waals surface area (Å²) >= 11 is 0. The number of nitrogens with zero attached hydrogens (tertiary/aromatic N) is 7. The minimum absolute atomic E-state index is 0.436. The molecule has 0 saturated carbocycles. The van der Waals surface area contributed by atoms with Crippen molar-refractivity contribution in [3.8, 4) is 79.9 Å². The average Bonchev–Trinajstić information content (AvgIpc) is 3.91. The molecule has 0 amide bonds. The van der Waals surface area contributed by atoms with E-state index in [9.17, 15) is 10.5 Å². The second-order valence-electron chi connectivity index (χ2n) is 16.2. The van der Waals surface area contributed by atoms with E-state index in [0.717, 1.165) is 93.9 Å². The predicted molar refractivity (Wildman–Crippen MR) is 265 cm³/mol. The van der Waals surface area contributed by atoms with Gasteiger partial charge < -0.3 is 9.13 Å². The van der Waals surface area contributed by atoms with Crippen LogP contribution in [0.25, 0.3) is 111 Å². The number of aromatic nitrogens is 5. The summed E-state index contributed by atoms with van der Waals surface area (Å²) in [6.45, 7) is 0. The number of rotatable bonds is 7. The number of para-hydroxylation sites is 4. The molecule has 0 fully saturated rings. The Balaban J connectivity index is 1.17. The lowest BCUT2D eigenvalue weighted by atomic mass is 9.94. The molecule has 0 aliphatic rings. The van der Waals surface area contributed by atoms with Gasteiger partial charge in [-0.15, -0.1) is 0 Å². The Kier molecular flexibility index (Phi) is 9.12. The van der Waals surface area contributed by atoms with Crippen LogP contribution < -0.4 is 0 Å². The SMILES string of the molecule is N#Cc1ccccc1-c1ccc(-n2c3ccccc3c3ccccc32)cc1-c1nc(-c2ccccc2)nc(-c2cc(-n3c4ccccc4c4ccccc43)ccc2-c2ccccc2C#N)n1. The summed E-state index contributed by atoms with van der Waals surface area (Å²) in [5.41, 5.74) is 12.6. The standard InChI is InChI=1S/C59H35N7/c60-36-39-18-4-6-20-43(39)45-32-30-41(65-53-26-12-8-22-47(53)48-23-9-13-27-54(48)65)34-51(45)58-62-57(38-16-2-1-3-17-38)63-59(64-58)52-35-42(31-33-46(52)44-21-7-5-19-40(44)37-61)66-55-28-14-10-24-49(55)50-25-11-15-29-56(50)66/h1-35H. The van der Waals surface area contributed by atoms with E-state index in [4.69, 9.17) is 15.0 Å². The molecule has 0 N–H and O–H groups in total. The molecule has 3 aromatic heterocycles. The maximum Gasteiger partial charge on any atom is 0.164 e. The molecule has 0 spiro atoms. The summed E-state index contributed by atoms with van der Waals surface area (Å²) in [7, 11) is 0. The molecule has 12 rings (SSSR count). The molecule has 0 unspecified atom stereocenters. The Morgan fingerprint density at radius 3 is 1.06 bits per heavy atom. The molecule has 0 aliphatic carbocycles. The van der Waals surface area contributed by atoms with Crippen molar-refractivity contribution in [3.63, 3.8) is 0 Å². The van der Waals surface area contributed by atoms with E-state index in [-0.39, 0.29) is 0 Å². The van der Waals surface area contributed by atoms with Gasteiger partial charge in [-0.05, 0) is 71.8 Å². The first-order valence-electron chi connectivity index (χ1n) is 21.7. The van der Waals surface area contributed by atoms with Crippen LogP contribution in [0.3, 0.4) is 0 Å². The van der Waals surface area contributed by atoms with E-state index in [0.29, 0.717) is 28.6 Å². The van der Waals surface area contributed by atoms with Crippen LogP contribution >= 0.6 is 0 Å². The zero-order chi connectivity index (χ0) is 44.1. The molecule has 0 bridgehead atoms. The van der Waals surface area contributed by atoms with Gasteiger partial charge in [0.05, 0.1) is 45.3 Å². The van der Waals surface area contributed by atoms with Gasteiger partial charge >= 0.3 is 0 Å². The first-order valence-corrected chi connectivity index (χ1v) is 21.7. The molecule has 66 heavy (non-hydrogen) atoms. The third-order valence-electron chi connectivity index (χ3n) is 12.5. The number of hydrogen-bond acceptors (Lipinski definition) is 5. The summed E-state index contributed by atoms with van der Waals surface area (Å²) in [6, 6.07) is 76.5. The highest BCUT2D eigenvalue weighted by Crippen LogP contribution is 2.41. The van der Waals surface area contributed by atoms with E-state index in [2.05, 4.69) is 155 Å². The monoisotopic (exact) mass is 841 g/mol. The Bertz CT molecular complexity index is 3630. The lowest BCUT2D eigenvalue weighted by Gasteiger charge is -2.18. The van der Waals surface area contributed by atoms with Crippen molar-refractivity contribution < 1.29 is 0 Å². The van der Waals surface area contributed by atoms with Crippen LogP contribution in [0.1, 0.15) is 11.1 Å². The van der Waals surface area contributed by atoms with Gasteiger partial charge in [0.1, 0.15) is 0 Å². The highest BCUT2D eigenvalue weighted by atomic mass is 15.0. The lowest BCUT2D eigenvalue weighted by Crippen LogP contribution is -2.04. The van der Waals surface area contributed by atoms with Crippen molar-refractivity contribution in [2.45, 2.75) is 0 Å². The van der Waals surface area contributed by atoms with Gasteiger partial charge in [0.25, 0.3) is 0 Å². The van der Waals surface area contributed by atoms with Gasteiger partial charge in [-0.3, -0.25) is 0 Å². The summed E-state index contributed by atoms with van der Waals surface area (Å²) < 4.78 is 4.56. The second kappa shape index (κ2) is 15.7. The highest BCUT2D eigenvalue weighted by Gasteiger charge is 2.23. The number of benzene rings is 9. The van der Waals surface area contributed by atoms with Crippen LogP contribution in [0.5, 0.6) is 0 Å². The first-order chi connectivity index (χ1) is 32.7. The van der Waals surface area contributed by atoms with Gasteiger partial charge in [-0.2, -0.15) is 10.5 Å². The van der Waals surface area contributed by atoms with Crippen LogP contribution in [0.4, 0.5) is 0 Å². The third kappa shape index (κ3) is 6.23. The van der Waals surface area contributed by atoms with Crippen molar-refractivity contribution in [3.05, 3.63) is 223 Å². The molecule has 0 atom stereocenters. The summed E-state index contributed by atoms with van der Waals surface area (Å²) in [5.74, 6) is 1.36. The number of fused-ring (bicyclic) bond motifs is 6. The van der Waals surface area contributed by atoms with Crippen LogP contribution in [0.15, 0.2) is 212 Å². The van der Waals surface area contributed by atoms with Crippen LogP contribution in [-0.4, -0.2) is 24.1 Å². The maximum atomic E-state index is 10.5. The minimum atomic E-state index is 0.436. The largest absolute Gasteiger partial charge is 0.309 e. The van der Waals surface area contributed by atoms with E-state index >= 15 is 0 Å². The Labute approximate surface area is 380 Å². The second-order valence-corrected chi connectivity index (χ2v) is 16.2. The van der Waals surface area contributed by atoms with Gasteiger partial charge in [-0.25, -0.2) is 15.0 Å². The van der Waals surface area contributed by atoms with Crippen LogP contribution in [0.2, 0.25) is 0 Å². The minimum Gasteiger partial charge on any atom is -0.309 e. The Morgan fingerprint density at radius 2 is 0.652 bits per heavy atom. The Hall–Kier alpha value is -9.43. The van der Waals surface area contributed by atoms with E-state index < -0.39 is 0 Å².